The quantitative estimate of drug-likeness (QED) is 0.814. The summed E-state index contributed by atoms with van der Waals surface area (Å²) in [6.07, 6.45) is 2.70. The zero-order valence-electron chi connectivity index (χ0n) is 11.4. The molecule has 2 rings (SSSR count). The Kier molecular flexibility index (Phi) is 5.60. The van der Waals surface area contributed by atoms with Crippen LogP contribution < -0.4 is 5.32 Å². The van der Waals surface area contributed by atoms with Crippen LogP contribution in [0.25, 0.3) is 0 Å². The molecule has 0 aliphatic carbocycles. The van der Waals surface area contributed by atoms with Gasteiger partial charge in [0.25, 0.3) is 5.91 Å². The largest absolute Gasteiger partial charge is 0.395 e. The lowest BCUT2D eigenvalue weighted by Gasteiger charge is -2.10. The van der Waals surface area contributed by atoms with Crippen molar-refractivity contribution in [2.45, 2.75) is 25.4 Å². The van der Waals surface area contributed by atoms with Gasteiger partial charge in [-0.2, -0.15) is 0 Å². The van der Waals surface area contributed by atoms with Gasteiger partial charge in [0.15, 0.2) is 0 Å². The zero-order valence-corrected chi connectivity index (χ0v) is 11.4. The van der Waals surface area contributed by atoms with E-state index in [9.17, 15) is 4.79 Å². The standard InChI is InChI=1S/C16H19NO3/c18-10-2-1-4-13-6-8-14(9-7-13)16(19)17-12-15-5-3-11-20-15/h6-9,15,18H,2-3,5,10-12H2,(H,17,19). The van der Waals surface area contributed by atoms with Gasteiger partial charge >= 0.3 is 0 Å². The molecule has 1 unspecified atom stereocenters. The summed E-state index contributed by atoms with van der Waals surface area (Å²) in [6.45, 7) is 1.43. The van der Waals surface area contributed by atoms with Crippen molar-refractivity contribution >= 4 is 5.91 Å². The highest BCUT2D eigenvalue weighted by atomic mass is 16.5. The summed E-state index contributed by atoms with van der Waals surface area (Å²) in [4.78, 5) is 11.9. The molecule has 1 fully saturated rings. The molecular formula is C16H19NO3. The summed E-state index contributed by atoms with van der Waals surface area (Å²) in [7, 11) is 0. The molecule has 1 aliphatic heterocycles. The van der Waals surface area contributed by atoms with Gasteiger partial charge in [0.05, 0.1) is 12.7 Å². The molecule has 0 saturated carbocycles. The first-order chi connectivity index (χ1) is 9.79. The highest BCUT2D eigenvalue weighted by Gasteiger charge is 2.16. The minimum atomic E-state index is -0.0876. The fourth-order valence-corrected chi connectivity index (χ4v) is 2.04. The average molecular weight is 273 g/mol. The van der Waals surface area contributed by atoms with Crippen molar-refractivity contribution in [1.29, 1.82) is 0 Å². The number of aliphatic hydroxyl groups excluding tert-OH is 1. The molecule has 20 heavy (non-hydrogen) atoms. The van der Waals surface area contributed by atoms with Crippen LogP contribution in [0.1, 0.15) is 35.2 Å². The van der Waals surface area contributed by atoms with E-state index in [0.717, 1.165) is 25.0 Å². The Balaban J connectivity index is 1.85. The summed E-state index contributed by atoms with van der Waals surface area (Å²) in [5.41, 5.74) is 1.46. The van der Waals surface area contributed by atoms with Crippen LogP contribution >= 0.6 is 0 Å². The Hall–Kier alpha value is -1.83. The van der Waals surface area contributed by atoms with Crippen molar-refractivity contribution in [2.75, 3.05) is 19.8 Å². The van der Waals surface area contributed by atoms with Gasteiger partial charge in [0.1, 0.15) is 0 Å². The lowest BCUT2D eigenvalue weighted by molar-refractivity contribution is 0.0858. The molecule has 0 radical (unpaired) electrons. The van der Waals surface area contributed by atoms with Gasteiger partial charge in [-0.1, -0.05) is 11.8 Å². The maximum atomic E-state index is 11.9. The average Bonchev–Trinajstić information content (AvgIpc) is 2.99. The summed E-state index contributed by atoms with van der Waals surface area (Å²) in [6, 6.07) is 7.14. The third-order valence-electron chi connectivity index (χ3n) is 3.13. The number of ether oxygens (including phenoxy) is 1. The Morgan fingerprint density at radius 2 is 2.20 bits per heavy atom. The van der Waals surface area contributed by atoms with Gasteiger partial charge in [-0.25, -0.2) is 0 Å². The third kappa shape index (κ3) is 4.37. The van der Waals surface area contributed by atoms with E-state index in [4.69, 9.17) is 9.84 Å². The number of benzene rings is 1. The molecule has 2 N–H and O–H groups in total. The smallest absolute Gasteiger partial charge is 0.251 e. The second kappa shape index (κ2) is 7.68. The minimum Gasteiger partial charge on any atom is -0.395 e. The van der Waals surface area contributed by atoms with E-state index in [1.807, 2.05) is 12.1 Å². The molecule has 1 atom stereocenters. The maximum Gasteiger partial charge on any atom is 0.251 e. The second-order valence-corrected chi connectivity index (χ2v) is 4.70. The second-order valence-electron chi connectivity index (χ2n) is 4.70. The summed E-state index contributed by atoms with van der Waals surface area (Å²) in [5.74, 6) is 5.68. The molecule has 1 amide bonds. The molecule has 1 aromatic rings. The molecule has 4 heteroatoms. The van der Waals surface area contributed by atoms with Crippen LogP contribution in [-0.4, -0.2) is 36.9 Å². The normalized spacial score (nSPS) is 17.4. The first-order valence-electron chi connectivity index (χ1n) is 6.89. The van der Waals surface area contributed by atoms with Gasteiger partial charge in [0.2, 0.25) is 0 Å². The number of nitrogens with one attached hydrogen (secondary N) is 1. The van der Waals surface area contributed by atoms with E-state index in [1.54, 1.807) is 12.1 Å². The highest BCUT2D eigenvalue weighted by Crippen LogP contribution is 2.11. The Morgan fingerprint density at radius 3 is 2.85 bits per heavy atom. The maximum absolute atomic E-state index is 11.9. The SMILES string of the molecule is O=C(NCC1CCCO1)c1ccc(C#CCCO)cc1. The molecule has 0 aromatic heterocycles. The predicted molar refractivity (Wildman–Crippen MR) is 76.3 cm³/mol. The number of amides is 1. The molecule has 1 aromatic carbocycles. The number of carbonyl (C=O) groups is 1. The Morgan fingerprint density at radius 1 is 1.40 bits per heavy atom. The van der Waals surface area contributed by atoms with Gasteiger partial charge in [-0.3, -0.25) is 4.79 Å². The van der Waals surface area contributed by atoms with Crippen molar-refractivity contribution in [1.82, 2.24) is 5.32 Å². The predicted octanol–water partition coefficient (Wildman–Crippen LogP) is 1.33. The van der Waals surface area contributed by atoms with Crippen LogP contribution in [0.15, 0.2) is 24.3 Å². The molecule has 0 bridgehead atoms. The number of carbonyl (C=O) groups excluding carboxylic acids is 1. The minimum absolute atomic E-state index is 0.0662. The van der Waals surface area contributed by atoms with Crippen LogP contribution in [0.4, 0.5) is 0 Å². The van der Waals surface area contributed by atoms with Crippen molar-refractivity contribution in [3.05, 3.63) is 35.4 Å². The lowest BCUT2D eigenvalue weighted by Crippen LogP contribution is -2.31. The van der Waals surface area contributed by atoms with Crippen molar-refractivity contribution in [3.63, 3.8) is 0 Å². The van der Waals surface area contributed by atoms with Crippen molar-refractivity contribution < 1.29 is 14.6 Å². The summed E-state index contributed by atoms with van der Waals surface area (Å²) in [5, 5.41) is 11.5. The van der Waals surface area contributed by atoms with Crippen LogP contribution in [0.5, 0.6) is 0 Å². The van der Waals surface area contributed by atoms with Crippen LogP contribution in [0.2, 0.25) is 0 Å². The monoisotopic (exact) mass is 273 g/mol. The number of rotatable bonds is 4. The third-order valence-corrected chi connectivity index (χ3v) is 3.13. The molecule has 4 nitrogen and oxygen atoms in total. The van der Waals surface area contributed by atoms with Crippen molar-refractivity contribution in [2.24, 2.45) is 0 Å². The molecule has 1 saturated heterocycles. The fourth-order valence-electron chi connectivity index (χ4n) is 2.04. The van der Waals surface area contributed by atoms with Gasteiger partial charge in [-0.05, 0) is 37.1 Å². The highest BCUT2D eigenvalue weighted by molar-refractivity contribution is 5.94. The van der Waals surface area contributed by atoms with Gasteiger partial charge in [-0.15, -0.1) is 0 Å². The molecule has 1 heterocycles. The van der Waals surface area contributed by atoms with E-state index in [2.05, 4.69) is 17.2 Å². The van der Waals surface area contributed by atoms with Crippen molar-refractivity contribution in [3.8, 4) is 11.8 Å². The number of aliphatic hydroxyl groups is 1. The molecule has 106 valence electrons. The molecule has 0 spiro atoms. The van der Waals surface area contributed by atoms with E-state index >= 15 is 0 Å². The lowest BCUT2D eigenvalue weighted by atomic mass is 10.1. The van der Waals surface area contributed by atoms with Gasteiger partial charge in [0, 0.05) is 30.7 Å². The fraction of sp³-hybridized carbons (Fsp3) is 0.438. The van der Waals surface area contributed by atoms with E-state index < -0.39 is 0 Å². The van der Waals surface area contributed by atoms with E-state index in [-0.39, 0.29) is 18.6 Å². The first kappa shape index (κ1) is 14.6. The van der Waals surface area contributed by atoms with Crippen LogP contribution in [0, 0.1) is 11.8 Å². The number of hydrogen-bond donors (Lipinski definition) is 2. The van der Waals surface area contributed by atoms with Gasteiger partial charge < -0.3 is 15.2 Å². The van der Waals surface area contributed by atoms with Crippen LogP contribution in [-0.2, 0) is 4.74 Å². The molecular weight excluding hydrogens is 254 g/mol. The molecule has 1 aliphatic rings. The van der Waals surface area contributed by atoms with Crippen LogP contribution in [0.3, 0.4) is 0 Å². The van der Waals surface area contributed by atoms with E-state index in [0.29, 0.717) is 18.5 Å². The topological polar surface area (TPSA) is 58.6 Å². The zero-order chi connectivity index (χ0) is 14.2. The Bertz CT molecular complexity index is 493. The van der Waals surface area contributed by atoms with E-state index in [1.165, 1.54) is 0 Å². The summed E-state index contributed by atoms with van der Waals surface area (Å²) < 4.78 is 5.46. The summed E-state index contributed by atoms with van der Waals surface area (Å²) >= 11 is 0. The first-order valence-corrected chi connectivity index (χ1v) is 6.89. The Labute approximate surface area is 119 Å². The number of hydrogen-bond acceptors (Lipinski definition) is 3.